The van der Waals surface area contributed by atoms with Crippen LogP contribution in [0.5, 0.6) is 6.01 Å². The van der Waals surface area contributed by atoms with E-state index in [1.165, 1.54) is 17.2 Å². The van der Waals surface area contributed by atoms with Gasteiger partial charge in [0.2, 0.25) is 5.91 Å². The van der Waals surface area contributed by atoms with Gasteiger partial charge in [0, 0.05) is 36.7 Å². The number of Topliss-reactive ketones (excluding diaryl/α,β-unsaturated/α-hetero) is 1. The van der Waals surface area contributed by atoms with Gasteiger partial charge < -0.3 is 19.4 Å². The maximum absolute atomic E-state index is 15.0. The third-order valence-corrected chi connectivity index (χ3v) is 12.0. The Bertz CT molecular complexity index is 1570. The fourth-order valence-electron chi connectivity index (χ4n) is 9.44. The zero-order chi connectivity index (χ0) is 31.5. The predicted molar refractivity (Wildman–Crippen MR) is 171 cm³/mol. The molecule has 45 heavy (non-hydrogen) atoms. The van der Waals surface area contributed by atoms with Crippen molar-refractivity contribution in [2.45, 2.75) is 70.4 Å². The van der Waals surface area contributed by atoms with Crippen LogP contribution in [0.15, 0.2) is 36.9 Å². The average Bonchev–Trinajstić information content (AvgIpc) is 3.48. The quantitative estimate of drug-likeness (QED) is 0.444. The standard InChI is InChI=1S/C36H44N6O3/c1-5-29(43)42-18-17-41(20-25(42)13-15-37)34-28-12-14-36(19-24-9-6-7-11-27(24)30-22(2)23(3)31(30)36)33(44)32(28)38-35(39-34)45-21-26-10-8-16-40(26)4/h5-7,9,11,22-23,25-26,30-31H,1,8,10,12-14,16-21H2,2-4H3/t22?,23?,25-,26-,30?,31-,36+/m0/s1. The van der Waals surface area contributed by atoms with Crippen LogP contribution in [-0.4, -0.2) is 83.4 Å². The number of nitriles is 1. The van der Waals surface area contributed by atoms with E-state index in [1.54, 1.807) is 4.90 Å². The number of ketones is 1. The van der Waals surface area contributed by atoms with Gasteiger partial charge in [-0.1, -0.05) is 44.7 Å². The Kier molecular flexibility index (Phi) is 7.67. The van der Waals surface area contributed by atoms with E-state index in [9.17, 15) is 10.1 Å². The molecule has 3 unspecified atom stereocenters. The summed E-state index contributed by atoms with van der Waals surface area (Å²) in [6, 6.07) is 11.2. The molecule has 0 N–H and O–H groups in total. The van der Waals surface area contributed by atoms with E-state index in [1.807, 2.05) is 0 Å². The van der Waals surface area contributed by atoms with Gasteiger partial charge >= 0.3 is 6.01 Å². The number of carbonyl (C=O) groups excluding carboxylic acids is 2. The van der Waals surface area contributed by atoms with Gasteiger partial charge in [0.15, 0.2) is 5.78 Å². The summed E-state index contributed by atoms with van der Waals surface area (Å²) in [4.78, 5) is 43.7. The fraction of sp³-hybridized carbons (Fsp3) is 0.583. The van der Waals surface area contributed by atoms with Gasteiger partial charge in [-0.2, -0.15) is 15.2 Å². The van der Waals surface area contributed by atoms with E-state index in [2.05, 4.69) is 67.6 Å². The molecule has 1 aromatic heterocycles. The monoisotopic (exact) mass is 608 g/mol. The predicted octanol–water partition coefficient (Wildman–Crippen LogP) is 4.42. The van der Waals surface area contributed by atoms with Crippen LogP contribution in [-0.2, 0) is 17.6 Å². The van der Waals surface area contributed by atoms with Crippen molar-refractivity contribution in [3.05, 3.63) is 59.3 Å². The molecule has 1 amide bonds. The van der Waals surface area contributed by atoms with Gasteiger partial charge in [-0.25, -0.2) is 0 Å². The Morgan fingerprint density at radius 3 is 2.76 bits per heavy atom. The van der Waals surface area contributed by atoms with Crippen molar-refractivity contribution in [1.29, 1.82) is 5.26 Å². The molecule has 1 saturated carbocycles. The summed E-state index contributed by atoms with van der Waals surface area (Å²) >= 11 is 0. The van der Waals surface area contributed by atoms with E-state index in [0.717, 1.165) is 43.6 Å². The van der Waals surface area contributed by atoms with Crippen LogP contribution in [0.25, 0.3) is 0 Å². The van der Waals surface area contributed by atoms with Crippen LogP contribution in [0.1, 0.15) is 72.6 Å². The molecule has 2 aromatic rings. The van der Waals surface area contributed by atoms with E-state index in [-0.39, 0.29) is 42.1 Å². The molecule has 9 nitrogen and oxygen atoms in total. The van der Waals surface area contributed by atoms with Gasteiger partial charge in [-0.05, 0) is 86.6 Å². The number of aromatic nitrogens is 2. The Balaban J connectivity index is 1.28. The highest BCUT2D eigenvalue weighted by Crippen LogP contribution is 2.66. The lowest BCUT2D eigenvalue weighted by Crippen LogP contribution is -2.59. The molecule has 2 aliphatic heterocycles. The second kappa shape index (κ2) is 11.5. The number of benzene rings is 1. The van der Waals surface area contributed by atoms with Crippen molar-refractivity contribution in [3.63, 3.8) is 0 Å². The lowest BCUT2D eigenvalue weighted by molar-refractivity contribution is -0.128. The van der Waals surface area contributed by atoms with Crippen molar-refractivity contribution in [3.8, 4) is 12.1 Å². The van der Waals surface area contributed by atoms with Crippen molar-refractivity contribution >= 4 is 17.5 Å². The summed E-state index contributed by atoms with van der Waals surface area (Å²) in [5.74, 6) is 2.32. The van der Waals surface area contributed by atoms with Crippen LogP contribution < -0.4 is 9.64 Å². The smallest absolute Gasteiger partial charge is 0.319 e. The minimum absolute atomic E-state index is 0.132. The number of amides is 1. The molecule has 1 aromatic carbocycles. The highest BCUT2D eigenvalue weighted by molar-refractivity contribution is 6.03. The lowest BCUT2D eigenvalue weighted by atomic mass is 9.41. The molecule has 0 radical (unpaired) electrons. The Labute approximate surface area is 266 Å². The first-order chi connectivity index (χ1) is 21.8. The Morgan fingerprint density at radius 1 is 1.18 bits per heavy atom. The summed E-state index contributed by atoms with van der Waals surface area (Å²) in [6.07, 6.45) is 5.94. The van der Waals surface area contributed by atoms with E-state index in [0.29, 0.717) is 56.1 Å². The van der Waals surface area contributed by atoms with Crippen LogP contribution in [0, 0.1) is 34.5 Å². The van der Waals surface area contributed by atoms with Gasteiger partial charge in [-0.15, -0.1) is 0 Å². The first-order valence-electron chi connectivity index (χ1n) is 16.7. The third kappa shape index (κ3) is 4.75. The second-order valence-electron chi connectivity index (χ2n) is 14.1. The molecule has 9 heteroatoms. The summed E-state index contributed by atoms with van der Waals surface area (Å²) in [5.41, 5.74) is 3.61. The number of rotatable bonds is 6. The topological polar surface area (TPSA) is 103 Å². The highest BCUT2D eigenvalue weighted by atomic mass is 16.5. The number of nitrogens with zero attached hydrogens (tertiary/aromatic N) is 6. The number of hydrogen-bond acceptors (Lipinski definition) is 8. The number of fused-ring (bicyclic) bond motifs is 5. The molecule has 7 rings (SSSR count). The normalized spacial score (nSPS) is 32.3. The van der Waals surface area contributed by atoms with E-state index < -0.39 is 5.41 Å². The number of piperazine rings is 1. The number of ether oxygens (including phenoxy) is 1. The maximum atomic E-state index is 15.0. The largest absolute Gasteiger partial charge is 0.462 e. The fourth-order valence-corrected chi connectivity index (χ4v) is 9.44. The van der Waals surface area contributed by atoms with Gasteiger partial charge in [-0.3, -0.25) is 9.59 Å². The van der Waals surface area contributed by atoms with Crippen LogP contribution >= 0.6 is 0 Å². The van der Waals surface area contributed by atoms with Gasteiger partial charge in [0.25, 0.3) is 0 Å². The maximum Gasteiger partial charge on any atom is 0.319 e. The first kappa shape index (κ1) is 29.9. The zero-order valence-electron chi connectivity index (χ0n) is 26.7. The number of hydrogen-bond donors (Lipinski definition) is 0. The van der Waals surface area contributed by atoms with Crippen LogP contribution in [0.3, 0.4) is 0 Å². The highest BCUT2D eigenvalue weighted by Gasteiger charge is 2.63. The molecule has 0 bridgehead atoms. The molecule has 2 saturated heterocycles. The minimum Gasteiger partial charge on any atom is -0.462 e. The molecule has 3 aliphatic carbocycles. The summed E-state index contributed by atoms with van der Waals surface area (Å²) < 4.78 is 6.32. The first-order valence-corrected chi connectivity index (χ1v) is 16.7. The van der Waals surface area contributed by atoms with Crippen LogP contribution in [0.2, 0.25) is 0 Å². The SMILES string of the molecule is C=CC(=O)N1CCN(c2nc(OC[C@@H]3CCCN3C)nc3c2CC[C@]2(Cc4ccccc4C4C(C)C(C)[C@@H]42)C3=O)C[C@@H]1CC#N. The summed E-state index contributed by atoms with van der Waals surface area (Å²) in [7, 11) is 2.12. The Hall–Kier alpha value is -3.77. The summed E-state index contributed by atoms with van der Waals surface area (Å²) in [5, 5.41) is 9.59. The molecule has 5 aliphatic rings. The van der Waals surface area contributed by atoms with Crippen molar-refractivity contribution < 1.29 is 14.3 Å². The second-order valence-corrected chi connectivity index (χ2v) is 14.1. The molecular formula is C36H44N6O3. The molecular weight excluding hydrogens is 564 g/mol. The van der Waals surface area contributed by atoms with Crippen molar-refractivity contribution in [2.75, 3.05) is 44.7 Å². The number of carbonyl (C=O) groups is 2. The van der Waals surface area contributed by atoms with Gasteiger partial charge in [0.1, 0.15) is 18.1 Å². The third-order valence-electron chi connectivity index (χ3n) is 12.0. The summed E-state index contributed by atoms with van der Waals surface area (Å²) in [6.45, 7) is 11.3. The van der Waals surface area contributed by atoms with Crippen molar-refractivity contribution in [2.24, 2.45) is 23.2 Å². The van der Waals surface area contributed by atoms with E-state index >= 15 is 4.79 Å². The van der Waals surface area contributed by atoms with Crippen molar-refractivity contribution in [1.82, 2.24) is 19.8 Å². The molecule has 3 fully saturated rings. The number of likely N-dealkylation sites (tertiary alicyclic amines) is 1. The minimum atomic E-state index is -0.495. The average molecular weight is 609 g/mol. The Morgan fingerprint density at radius 2 is 2.00 bits per heavy atom. The molecule has 3 heterocycles. The van der Waals surface area contributed by atoms with E-state index in [4.69, 9.17) is 14.7 Å². The van der Waals surface area contributed by atoms with Crippen LogP contribution in [0.4, 0.5) is 5.82 Å². The lowest BCUT2D eigenvalue weighted by Gasteiger charge is -2.62. The number of anilines is 1. The zero-order valence-corrected chi connectivity index (χ0v) is 26.7. The molecule has 236 valence electrons. The molecule has 1 spiro atoms. The van der Waals surface area contributed by atoms with Gasteiger partial charge in [0.05, 0.1) is 18.5 Å². The number of likely N-dealkylation sites (N-methyl/N-ethyl adjacent to an activating group) is 1. The molecule has 7 atom stereocenters.